The number of hydrogen-bond donors (Lipinski definition) is 3. The number of amides is 4. The predicted molar refractivity (Wildman–Crippen MR) is 180 cm³/mol. The topological polar surface area (TPSA) is 98.7 Å². The Morgan fingerprint density at radius 2 is 1.32 bits per heavy atom. The molecule has 2 heterocycles. The van der Waals surface area contributed by atoms with E-state index in [2.05, 4.69) is 22.5 Å². The SMILES string of the molecule is CCCCCCCCCCCCCCCCCCCCCCNC(=O)C1=C[N+]2(CC(CO)CN([C]([Pb])([Pb])[Pb])C2)C(=O)NC1=O. The molecule has 1 fully saturated rings. The van der Waals surface area contributed by atoms with Gasteiger partial charge >= 0.3 is 203 Å². The van der Waals surface area contributed by atoms with Gasteiger partial charge in [-0.3, -0.25) is 0 Å². The van der Waals surface area contributed by atoms with Gasteiger partial charge in [0, 0.05) is 0 Å². The summed E-state index contributed by atoms with van der Waals surface area (Å²) in [4.78, 5) is 40.9. The average molecular weight is 1200 g/mol. The Labute approximate surface area is 315 Å². The molecule has 245 valence electrons. The van der Waals surface area contributed by atoms with Crippen molar-refractivity contribution in [3.8, 4) is 0 Å². The zero-order valence-electron chi connectivity index (χ0n) is 27.4. The first-order valence-electron chi connectivity index (χ1n) is 17.5. The molecule has 9 radical (unpaired) electrons. The fourth-order valence-corrected chi connectivity index (χ4v) is 8.22. The van der Waals surface area contributed by atoms with Crippen molar-refractivity contribution in [2.45, 2.75) is 134 Å². The van der Waals surface area contributed by atoms with Crippen LogP contribution in [0.3, 0.4) is 0 Å². The molecule has 2 aliphatic heterocycles. The molecule has 2 unspecified atom stereocenters. The Balaban J connectivity index is 1.53. The summed E-state index contributed by atoms with van der Waals surface area (Å²) in [6.07, 6.45) is 28.3. The van der Waals surface area contributed by atoms with Crippen molar-refractivity contribution in [3.05, 3.63) is 11.8 Å². The monoisotopic (exact) mass is 1200 g/mol. The standard InChI is InChI=1S/C33H57N4O4.3Pb/c1-3-4-5-6-7-8-9-10-11-12-13-14-15-16-17-18-19-20-21-22-23-34-31(39)30-26-37(33(41)35-32(30)40)25-29(27-38)24-36(2)28-37;;;/h26,29,38H,3-25,27-28H2,1H3,(H-,34,35,39,40,41);;;/p+1. The predicted octanol–water partition coefficient (Wildman–Crippen LogP) is 4.87. The van der Waals surface area contributed by atoms with Gasteiger partial charge in [0.1, 0.15) is 0 Å². The zero-order valence-corrected chi connectivity index (χ0v) is 39.1. The molecule has 44 heavy (non-hydrogen) atoms. The van der Waals surface area contributed by atoms with Crippen LogP contribution in [0.15, 0.2) is 11.8 Å². The Bertz CT molecular complexity index is 899. The molecule has 11 heteroatoms. The van der Waals surface area contributed by atoms with Crippen LogP contribution >= 0.6 is 0 Å². The van der Waals surface area contributed by atoms with E-state index in [1.807, 2.05) is 0 Å². The van der Waals surface area contributed by atoms with Crippen molar-refractivity contribution >= 4 is 95.1 Å². The molecule has 0 aromatic heterocycles. The van der Waals surface area contributed by atoms with Gasteiger partial charge in [-0.25, -0.2) is 0 Å². The van der Waals surface area contributed by atoms with E-state index in [0.717, 1.165) is 96.7 Å². The number of unbranched alkanes of at least 4 members (excludes halogenated alkanes) is 19. The number of quaternary nitrogens is 1. The number of carbonyl (C=O) groups is 3. The second kappa shape index (κ2) is 23.4. The number of carbonyl (C=O) groups excluding carboxylic acids is 3. The number of aliphatic hydroxyl groups is 1. The number of rotatable bonds is 24. The van der Waals surface area contributed by atoms with Crippen LogP contribution < -0.4 is 10.6 Å². The van der Waals surface area contributed by atoms with Crippen LogP contribution in [0.25, 0.3) is 0 Å². The first kappa shape index (κ1) is 41.2. The van der Waals surface area contributed by atoms with E-state index in [1.165, 1.54) is 116 Å². The Morgan fingerprint density at radius 1 is 0.864 bits per heavy atom. The van der Waals surface area contributed by atoms with Gasteiger partial charge in [-0.15, -0.1) is 0 Å². The van der Waals surface area contributed by atoms with E-state index in [9.17, 15) is 19.5 Å². The fraction of sp³-hybridized carbons (Fsp3) is 0.848. The molecule has 8 nitrogen and oxygen atoms in total. The zero-order chi connectivity index (χ0) is 32.3. The van der Waals surface area contributed by atoms with Crippen LogP contribution in [-0.2, 0) is 9.59 Å². The third kappa shape index (κ3) is 15.9. The van der Waals surface area contributed by atoms with Gasteiger partial charge in [0.15, 0.2) is 0 Å². The van der Waals surface area contributed by atoms with E-state index in [4.69, 9.17) is 0 Å². The summed E-state index contributed by atoms with van der Waals surface area (Å²) in [7, 11) is 0. The number of urea groups is 1. The van der Waals surface area contributed by atoms with Crippen LogP contribution in [0.5, 0.6) is 0 Å². The number of imide groups is 1. The van der Waals surface area contributed by atoms with Gasteiger partial charge in [-0.05, 0) is 0 Å². The van der Waals surface area contributed by atoms with E-state index in [0.29, 0.717) is 19.8 Å². The Morgan fingerprint density at radius 3 is 1.75 bits per heavy atom. The van der Waals surface area contributed by atoms with Crippen molar-refractivity contribution in [3.63, 3.8) is 0 Å². The van der Waals surface area contributed by atoms with Gasteiger partial charge in [0.2, 0.25) is 0 Å². The maximum absolute atomic E-state index is 13.0. The van der Waals surface area contributed by atoms with Crippen molar-refractivity contribution < 1.29 is 24.0 Å². The van der Waals surface area contributed by atoms with Gasteiger partial charge in [0.25, 0.3) is 0 Å². The Hall–Kier alpha value is 0.996. The van der Waals surface area contributed by atoms with Crippen molar-refractivity contribution in [2.75, 3.05) is 32.9 Å². The van der Waals surface area contributed by atoms with Crippen LogP contribution in [0, 0.1) is 5.92 Å². The normalized spacial score (nSPS) is 21.0. The second-order valence-corrected chi connectivity index (χ2v) is 44.2. The van der Waals surface area contributed by atoms with Crippen LogP contribution in [-0.4, -0.2) is 141 Å². The van der Waals surface area contributed by atoms with Gasteiger partial charge in [-0.1, -0.05) is 116 Å². The van der Waals surface area contributed by atoms with Crippen LogP contribution in [0.4, 0.5) is 4.79 Å². The average Bonchev–Trinajstić information content (AvgIpc) is 2.99. The molecule has 2 atom stereocenters. The van der Waals surface area contributed by atoms with E-state index in [-0.39, 0.29) is 20.8 Å². The molecule has 0 aromatic rings. The van der Waals surface area contributed by atoms with E-state index < -0.39 is 17.8 Å². The van der Waals surface area contributed by atoms with Crippen molar-refractivity contribution in [1.29, 1.82) is 0 Å². The summed E-state index contributed by atoms with van der Waals surface area (Å²) in [6.45, 7) is 4.44. The summed E-state index contributed by atoms with van der Waals surface area (Å²) >= 11 is 3.02. The molecule has 2 aliphatic rings. The van der Waals surface area contributed by atoms with Crippen LogP contribution in [0.1, 0.15) is 135 Å². The fourth-order valence-electron chi connectivity index (χ4n) is 6.33. The minimum absolute atomic E-state index is 0.00666. The van der Waals surface area contributed by atoms with Crippen molar-refractivity contribution in [2.24, 2.45) is 5.92 Å². The number of nitrogens with one attached hydrogen (secondary N) is 2. The van der Waals surface area contributed by atoms with E-state index in [1.54, 1.807) is 6.20 Å². The molecule has 3 N–H and O–H groups in total. The first-order chi connectivity index (χ1) is 21.1. The molecule has 0 bridgehead atoms. The van der Waals surface area contributed by atoms with Crippen LogP contribution in [0.2, 0.25) is 0 Å². The summed E-state index contributed by atoms with van der Waals surface area (Å²) in [5.41, 5.74) is 0.0250. The first-order valence-corrected chi connectivity index (χ1v) is 23.3. The van der Waals surface area contributed by atoms with Gasteiger partial charge < -0.3 is 0 Å². The maximum atomic E-state index is 13.0. The quantitative estimate of drug-likeness (QED) is 0.0556. The molecule has 4 amide bonds. The number of nitrogens with zero attached hydrogens (tertiary/aromatic N) is 2. The molecule has 1 saturated heterocycles. The molecule has 1 spiro atoms. The Kier molecular flexibility index (Phi) is 21.9. The molecular weight excluding hydrogens is 1140 g/mol. The molecule has 2 rings (SSSR count). The van der Waals surface area contributed by atoms with E-state index >= 15 is 0 Å². The number of hydrogen-bond acceptors (Lipinski definition) is 5. The third-order valence-electron chi connectivity index (χ3n) is 9.02. The number of aliphatic hydroxyl groups excluding tert-OH is 1. The minimum atomic E-state index is -0.619. The third-order valence-corrected chi connectivity index (χ3v) is 12.7. The van der Waals surface area contributed by atoms with Gasteiger partial charge in [0.05, 0.1) is 0 Å². The molecule has 0 aromatic carbocycles. The molecule has 0 aliphatic carbocycles. The summed E-state index contributed by atoms with van der Waals surface area (Å²) in [5.74, 6) is -1.09. The second-order valence-electron chi connectivity index (χ2n) is 13.1. The summed E-state index contributed by atoms with van der Waals surface area (Å²) < 4.78 is 0.0940. The van der Waals surface area contributed by atoms with Gasteiger partial charge in [-0.2, -0.15) is 0 Å². The van der Waals surface area contributed by atoms with Crippen molar-refractivity contribution in [1.82, 2.24) is 15.5 Å². The summed E-state index contributed by atoms with van der Waals surface area (Å²) in [5, 5.41) is 15.3. The summed E-state index contributed by atoms with van der Waals surface area (Å²) in [6, 6.07) is -0.391. The molecular formula is C33H58N4O4Pb3+. The molecule has 0 saturated carbocycles.